The molecule has 2 aliphatic carbocycles. The summed E-state index contributed by atoms with van der Waals surface area (Å²) in [4.78, 5) is 18.7. The fraction of sp³-hybridized carbons (Fsp3) is 0.440. The number of carbonyl (C=O) groups is 1. The van der Waals surface area contributed by atoms with Gasteiger partial charge in [-0.1, -0.05) is 12.1 Å². The maximum atomic E-state index is 11.9. The average molecular weight is 437 g/mol. The van der Waals surface area contributed by atoms with Crippen molar-refractivity contribution in [2.75, 3.05) is 26.3 Å². The Morgan fingerprint density at radius 3 is 2.66 bits per heavy atom. The van der Waals surface area contributed by atoms with Crippen molar-refractivity contribution in [2.24, 2.45) is 11.8 Å². The molecule has 0 saturated heterocycles. The summed E-state index contributed by atoms with van der Waals surface area (Å²) in [5, 5.41) is 0. The third kappa shape index (κ3) is 5.05. The van der Waals surface area contributed by atoms with E-state index in [2.05, 4.69) is 9.88 Å². The first kappa shape index (κ1) is 20.8. The summed E-state index contributed by atoms with van der Waals surface area (Å²) in [7, 11) is 0. The third-order valence-electron chi connectivity index (χ3n) is 5.99. The fourth-order valence-corrected chi connectivity index (χ4v) is 4.03. The molecule has 2 fully saturated rings. The summed E-state index contributed by atoms with van der Waals surface area (Å²) in [6.07, 6.45) is 3.64. The van der Waals surface area contributed by atoms with Crippen molar-refractivity contribution in [1.82, 2.24) is 9.88 Å². The van der Waals surface area contributed by atoms with E-state index in [1.165, 1.54) is 12.8 Å². The highest BCUT2D eigenvalue weighted by atomic mass is 16.6. The van der Waals surface area contributed by atoms with Crippen molar-refractivity contribution in [2.45, 2.75) is 32.2 Å². The van der Waals surface area contributed by atoms with Crippen molar-refractivity contribution in [3.05, 3.63) is 48.5 Å². The summed E-state index contributed by atoms with van der Waals surface area (Å²) in [5.74, 6) is 1.91. The summed E-state index contributed by atoms with van der Waals surface area (Å²) in [6, 6.07) is 15.6. The molecule has 32 heavy (non-hydrogen) atoms. The summed E-state index contributed by atoms with van der Waals surface area (Å²) >= 11 is 0. The van der Waals surface area contributed by atoms with Crippen molar-refractivity contribution < 1.29 is 23.4 Å². The fourth-order valence-electron chi connectivity index (χ4n) is 4.03. The van der Waals surface area contributed by atoms with Crippen molar-refractivity contribution >= 4 is 17.1 Å². The number of rotatable bonds is 11. The molecule has 2 saturated carbocycles. The molecule has 2 unspecified atom stereocenters. The van der Waals surface area contributed by atoms with Gasteiger partial charge in [0.25, 0.3) is 0 Å². The smallest absolute Gasteiger partial charge is 0.400 e. The van der Waals surface area contributed by atoms with Gasteiger partial charge in [-0.3, -0.25) is 9.69 Å². The van der Waals surface area contributed by atoms with Crippen LogP contribution < -0.4 is 9.47 Å². The zero-order chi connectivity index (χ0) is 21.9. The molecule has 0 amide bonds. The lowest BCUT2D eigenvalue weighted by atomic mass is 10.3. The van der Waals surface area contributed by atoms with E-state index in [-0.39, 0.29) is 18.0 Å². The van der Waals surface area contributed by atoms with Gasteiger partial charge in [-0.15, -0.1) is 0 Å². The van der Waals surface area contributed by atoms with Gasteiger partial charge in [-0.05, 0) is 68.5 Å². The second-order valence-electron chi connectivity index (χ2n) is 8.45. The summed E-state index contributed by atoms with van der Waals surface area (Å²) < 4.78 is 22.4. The minimum Gasteiger partial charge on any atom is -0.492 e. The van der Waals surface area contributed by atoms with Gasteiger partial charge < -0.3 is 18.6 Å². The number of hydrogen-bond acceptors (Lipinski definition) is 7. The highest BCUT2D eigenvalue weighted by molar-refractivity contribution is 5.75. The Bertz CT molecular complexity index is 1030. The summed E-state index contributed by atoms with van der Waals surface area (Å²) in [5.41, 5.74) is 1.46. The van der Waals surface area contributed by atoms with E-state index >= 15 is 0 Å². The van der Waals surface area contributed by atoms with E-state index in [0.29, 0.717) is 36.5 Å². The molecule has 168 valence electrons. The SMILES string of the molecule is CCOC(=O)C1CC1CN(CCOc1ccc(Oc2nc3ccccc3o2)cc1)C1CC1. The van der Waals surface area contributed by atoms with Crippen LogP contribution in [0.25, 0.3) is 11.1 Å². The van der Waals surface area contributed by atoms with Crippen LogP contribution in [0.1, 0.15) is 26.2 Å². The monoisotopic (exact) mass is 436 g/mol. The van der Waals surface area contributed by atoms with Gasteiger partial charge in [0.1, 0.15) is 23.6 Å². The van der Waals surface area contributed by atoms with Crippen LogP contribution in [0.5, 0.6) is 17.6 Å². The average Bonchev–Trinajstić information content (AvgIpc) is 3.71. The molecule has 3 aromatic rings. The van der Waals surface area contributed by atoms with Gasteiger partial charge in [-0.2, -0.15) is 4.98 Å². The Kier molecular flexibility index (Phi) is 5.99. The van der Waals surface area contributed by atoms with Crippen LogP contribution in [0, 0.1) is 11.8 Å². The molecule has 0 aliphatic heterocycles. The Balaban J connectivity index is 1.09. The van der Waals surface area contributed by atoms with Crippen LogP contribution >= 0.6 is 0 Å². The molecule has 2 aromatic carbocycles. The van der Waals surface area contributed by atoms with E-state index in [1.54, 1.807) is 0 Å². The zero-order valence-electron chi connectivity index (χ0n) is 18.2. The molecule has 5 rings (SSSR count). The van der Waals surface area contributed by atoms with Gasteiger partial charge in [0, 0.05) is 19.1 Å². The summed E-state index contributed by atoms with van der Waals surface area (Å²) in [6.45, 7) is 4.74. The van der Waals surface area contributed by atoms with Crippen LogP contribution in [0.2, 0.25) is 0 Å². The molecule has 0 bridgehead atoms. The minimum atomic E-state index is -0.0374. The zero-order valence-corrected chi connectivity index (χ0v) is 18.2. The first-order chi connectivity index (χ1) is 15.7. The predicted molar refractivity (Wildman–Crippen MR) is 119 cm³/mol. The lowest BCUT2D eigenvalue weighted by Crippen LogP contribution is -2.33. The van der Waals surface area contributed by atoms with Crippen molar-refractivity contribution in [3.63, 3.8) is 0 Å². The van der Waals surface area contributed by atoms with Crippen LogP contribution in [0.3, 0.4) is 0 Å². The molecular weight excluding hydrogens is 408 g/mol. The van der Waals surface area contributed by atoms with E-state index in [9.17, 15) is 4.79 Å². The van der Waals surface area contributed by atoms with Crippen molar-refractivity contribution in [3.8, 4) is 17.6 Å². The topological polar surface area (TPSA) is 74.0 Å². The number of nitrogens with zero attached hydrogens (tertiary/aromatic N) is 2. The Labute approximate surface area is 187 Å². The van der Waals surface area contributed by atoms with Gasteiger partial charge in [0.15, 0.2) is 5.58 Å². The number of carbonyl (C=O) groups excluding carboxylic acids is 1. The number of oxazole rings is 1. The molecule has 2 aliphatic rings. The number of aromatic nitrogens is 1. The van der Waals surface area contributed by atoms with E-state index in [4.69, 9.17) is 18.6 Å². The number of benzene rings is 2. The second kappa shape index (κ2) is 9.20. The number of esters is 1. The first-order valence-electron chi connectivity index (χ1n) is 11.4. The lowest BCUT2D eigenvalue weighted by molar-refractivity contribution is -0.145. The highest BCUT2D eigenvalue weighted by Crippen LogP contribution is 2.42. The molecule has 7 heteroatoms. The number of hydrogen-bond donors (Lipinski definition) is 0. The number of para-hydroxylation sites is 2. The maximum Gasteiger partial charge on any atom is 0.400 e. The molecule has 7 nitrogen and oxygen atoms in total. The molecular formula is C25H28N2O5. The van der Waals surface area contributed by atoms with Crippen LogP contribution in [-0.2, 0) is 9.53 Å². The first-order valence-corrected chi connectivity index (χ1v) is 11.4. The highest BCUT2D eigenvalue weighted by Gasteiger charge is 2.46. The Morgan fingerprint density at radius 1 is 1.12 bits per heavy atom. The standard InChI is InChI=1S/C25H28N2O5/c1-2-29-24(28)21-15-17(21)16-27(18-7-8-18)13-14-30-19-9-11-20(12-10-19)31-25-26-22-5-3-4-6-23(22)32-25/h3-6,9-12,17-18,21H,2,7-8,13-16H2,1H3. The van der Waals surface area contributed by atoms with Gasteiger partial charge in [-0.25, -0.2) is 0 Å². The van der Waals surface area contributed by atoms with Gasteiger partial charge in [0.05, 0.1) is 12.5 Å². The minimum absolute atomic E-state index is 0.0374. The third-order valence-corrected chi connectivity index (χ3v) is 5.99. The lowest BCUT2D eigenvalue weighted by Gasteiger charge is -2.22. The van der Waals surface area contributed by atoms with Crippen LogP contribution in [0.4, 0.5) is 0 Å². The van der Waals surface area contributed by atoms with E-state index in [0.717, 1.165) is 30.8 Å². The second-order valence-corrected chi connectivity index (χ2v) is 8.45. The van der Waals surface area contributed by atoms with Crippen molar-refractivity contribution in [1.29, 1.82) is 0 Å². The molecule has 2 atom stereocenters. The molecule has 0 N–H and O–H groups in total. The molecule has 0 spiro atoms. The molecule has 0 radical (unpaired) electrons. The normalized spacial score (nSPS) is 19.8. The van der Waals surface area contributed by atoms with Gasteiger partial charge >= 0.3 is 12.0 Å². The quantitative estimate of drug-likeness (QED) is 0.405. The Morgan fingerprint density at radius 2 is 1.91 bits per heavy atom. The number of fused-ring (bicyclic) bond motifs is 1. The van der Waals surface area contributed by atoms with Crippen LogP contribution in [0.15, 0.2) is 52.9 Å². The van der Waals surface area contributed by atoms with E-state index in [1.807, 2.05) is 55.5 Å². The van der Waals surface area contributed by atoms with Gasteiger partial charge in [0.2, 0.25) is 0 Å². The maximum absolute atomic E-state index is 11.9. The predicted octanol–water partition coefficient (Wildman–Crippen LogP) is 4.66. The Hall–Kier alpha value is -3.06. The number of ether oxygens (including phenoxy) is 3. The largest absolute Gasteiger partial charge is 0.492 e. The molecule has 1 aromatic heterocycles. The van der Waals surface area contributed by atoms with E-state index < -0.39 is 0 Å². The van der Waals surface area contributed by atoms with Crippen LogP contribution in [-0.4, -0.2) is 48.2 Å². The molecule has 1 heterocycles.